The highest BCUT2D eigenvalue weighted by Gasteiger charge is 2.54. The fraction of sp³-hybridized carbons (Fsp3) is 0.348. The molecule has 1 N–H and O–H groups in total. The van der Waals surface area contributed by atoms with Crippen molar-refractivity contribution < 1.29 is 4.42 Å². The lowest BCUT2D eigenvalue weighted by atomic mass is 9.83. The van der Waals surface area contributed by atoms with Crippen molar-refractivity contribution in [3.8, 4) is 0 Å². The van der Waals surface area contributed by atoms with Crippen LogP contribution in [0.25, 0.3) is 21.9 Å². The number of hydrogen-bond acceptors (Lipinski definition) is 3. The maximum atomic E-state index is 8.95. The van der Waals surface area contributed by atoms with E-state index >= 15 is 0 Å². The monoisotopic (exact) mass is 359 g/mol. The second-order valence-electron chi connectivity index (χ2n) is 8.66. The van der Waals surface area contributed by atoms with Crippen LogP contribution in [0.2, 0.25) is 0 Å². The molecule has 0 aliphatic carbocycles. The molecule has 5 rings (SSSR count). The van der Waals surface area contributed by atoms with Crippen molar-refractivity contribution in [3.63, 3.8) is 0 Å². The van der Waals surface area contributed by atoms with Gasteiger partial charge in [0.2, 0.25) is 0 Å². The zero-order valence-corrected chi connectivity index (χ0v) is 16.5. The van der Waals surface area contributed by atoms with Crippen molar-refractivity contribution in [2.75, 3.05) is 11.9 Å². The Bertz CT molecular complexity index is 1140. The van der Waals surface area contributed by atoms with Gasteiger partial charge in [-0.2, -0.15) is 0 Å². The molecule has 1 atom stereocenters. The van der Waals surface area contributed by atoms with E-state index in [1.165, 1.54) is 5.56 Å². The van der Waals surface area contributed by atoms with Crippen molar-refractivity contribution in [1.82, 2.24) is 4.90 Å². The zero-order valence-electron chi connectivity index (χ0n) is 16.5. The van der Waals surface area contributed by atoms with Gasteiger partial charge in [-0.05, 0) is 17.5 Å². The number of benzene rings is 2. The van der Waals surface area contributed by atoms with Crippen LogP contribution in [0.5, 0.6) is 0 Å². The number of nitrogens with zero attached hydrogens (tertiary/aromatic N) is 2. The van der Waals surface area contributed by atoms with E-state index in [1.807, 2.05) is 18.2 Å². The maximum Gasteiger partial charge on any atom is 0.159 e. The number of furan rings is 1. The van der Waals surface area contributed by atoms with Gasteiger partial charge in [-0.3, -0.25) is 10.3 Å². The summed E-state index contributed by atoms with van der Waals surface area (Å²) >= 11 is 0. The molecule has 1 fully saturated rings. The number of rotatable bonds is 1. The van der Waals surface area contributed by atoms with Gasteiger partial charge in [0.1, 0.15) is 11.7 Å². The molecule has 1 unspecified atom stereocenters. The fourth-order valence-electron chi connectivity index (χ4n) is 4.94. The zero-order chi connectivity index (χ0) is 19.1. The van der Waals surface area contributed by atoms with Gasteiger partial charge in [-0.1, -0.05) is 64.1 Å². The highest BCUT2D eigenvalue weighted by Crippen LogP contribution is 2.54. The van der Waals surface area contributed by atoms with Gasteiger partial charge in [0.05, 0.1) is 11.4 Å². The highest BCUT2D eigenvalue weighted by molar-refractivity contribution is 6.18. The lowest BCUT2D eigenvalue weighted by molar-refractivity contribution is 0.257. The Hall–Kier alpha value is -2.75. The van der Waals surface area contributed by atoms with Gasteiger partial charge < -0.3 is 9.32 Å². The average molecular weight is 359 g/mol. The molecule has 0 bridgehead atoms. The van der Waals surface area contributed by atoms with Crippen LogP contribution >= 0.6 is 0 Å². The number of para-hydroxylation sites is 1. The first kappa shape index (κ1) is 16.4. The summed E-state index contributed by atoms with van der Waals surface area (Å²) in [4.78, 5) is 4.44. The first-order valence-corrected chi connectivity index (χ1v) is 9.60. The molecule has 0 radical (unpaired) electrons. The highest BCUT2D eigenvalue weighted by atomic mass is 16.3. The third-order valence-corrected chi connectivity index (χ3v) is 6.07. The van der Waals surface area contributed by atoms with Gasteiger partial charge in [-0.15, -0.1) is 0 Å². The molecule has 2 aliphatic rings. The van der Waals surface area contributed by atoms with Gasteiger partial charge in [0.25, 0.3) is 0 Å². The first-order chi connectivity index (χ1) is 12.8. The molecule has 3 heterocycles. The van der Waals surface area contributed by atoms with Crippen molar-refractivity contribution >= 4 is 33.5 Å². The smallest absolute Gasteiger partial charge is 0.159 e. The van der Waals surface area contributed by atoms with Crippen molar-refractivity contribution in [2.24, 2.45) is 5.92 Å². The fourth-order valence-corrected chi connectivity index (χ4v) is 4.94. The van der Waals surface area contributed by atoms with Gasteiger partial charge >= 0.3 is 0 Å². The summed E-state index contributed by atoms with van der Waals surface area (Å²) < 4.78 is 6.32. The second-order valence-corrected chi connectivity index (χ2v) is 8.66. The Morgan fingerprint density at radius 1 is 1.11 bits per heavy atom. The van der Waals surface area contributed by atoms with E-state index in [9.17, 15) is 0 Å². The summed E-state index contributed by atoms with van der Waals surface area (Å²) in [5, 5.41) is 11.2. The molecule has 1 aromatic heterocycles. The lowest BCUT2D eigenvalue weighted by Gasteiger charge is -2.33. The maximum absolute atomic E-state index is 8.95. The van der Waals surface area contributed by atoms with Crippen LogP contribution in [0.15, 0.2) is 52.6 Å². The van der Waals surface area contributed by atoms with E-state index in [0.29, 0.717) is 11.8 Å². The van der Waals surface area contributed by atoms with Crippen molar-refractivity contribution in [3.05, 3.63) is 53.7 Å². The SMILES string of the molecule is CC(C)/C=C1\C(=N)N2c3c(ccc4c3oc3ccccc34)C(C)(C)C2N1C. The summed E-state index contributed by atoms with van der Waals surface area (Å²) in [6.45, 7) is 8.86. The molecule has 138 valence electrons. The molecule has 4 heteroatoms. The number of fused-ring (bicyclic) bond motifs is 7. The Kier molecular flexibility index (Phi) is 3.14. The van der Waals surface area contributed by atoms with Crippen LogP contribution < -0.4 is 4.90 Å². The summed E-state index contributed by atoms with van der Waals surface area (Å²) in [6.07, 6.45) is 2.28. The third-order valence-electron chi connectivity index (χ3n) is 6.07. The number of allylic oxidation sites excluding steroid dienone is 1. The van der Waals surface area contributed by atoms with Crippen molar-refractivity contribution in [1.29, 1.82) is 5.41 Å². The topological polar surface area (TPSA) is 43.5 Å². The van der Waals surface area contributed by atoms with Gasteiger partial charge in [0, 0.05) is 23.2 Å². The molecule has 3 aromatic rings. The molecule has 0 amide bonds. The summed E-state index contributed by atoms with van der Waals surface area (Å²) in [6, 6.07) is 12.6. The largest absolute Gasteiger partial charge is 0.454 e. The Balaban J connectivity index is 1.83. The average Bonchev–Trinajstić information content (AvgIpc) is 3.19. The normalized spacial score (nSPS) is 22.5. The predicted molar refractivity (Wildman–Crippen MR) is 111 cm³/mol. The number of likely N-dealkylation sites (N-methyl/N-ethyl adjacent to an activating group) is 1. The van der Waals surface area contributed by atoms with Gasteiger partial charge in [0.15, 0.2) is 11.4 Å². The van der Waals surface area contributed by atoms with Gasteiger partial charge in [-0.25, -0.2) is 0 Å². The van der Waals surface area contributed by atoms with E-state index in [4.69, 9.17) is 9.83 Å². The molecule has 2 aromatic carbocycles. The molecule has 0 saturated carbocycles. The summed E-state index contributed by atoms with van der Waals surface area (Å²) in [5.74, 6) is 0.961. The van der Waals surface area contributed by atoms with E-state index in [-0.39, 0.29) is 11.6 Å². The Morgan fingerprint density at radius 2 is 1.85 bits per heavy atom. The second kappa shape index (κ2) is 5.16. The molecule has 1 saturated heterocycles. The number of hydrogen-bond donors (Lipinski definition) is 1. The molecule has 4 nitrogen and oxygen atoms in total. The molecular weight excluding hydrogens is 334 g/mol. The summed E-state index contributed by atoms with van der Waals surface area (Å²) in [7, 11) is 2.11. The van der Waals surface area contributed by atoms with Crippen LogP contribution in [-0.4, -0.2) is 23.9 Å². The minimum atomic E-state index is -0.115. The molecule has 2 aliphatic heterocycles. The standard InChI is InChI=1S/C23H25N3O/c1-13(2)12-17-21(24)26-19-16(23(3,4)22(26)25(17)5)11-10-15-14-8-6-7-9-18(14)27-20(15)19/h6-13,22,24H,1-5H3/b17-12+,24-21?. The quantitative estimate of drug-likeness (QED) is 0.626. The lowest BCUT2D eigenvalue weighted by Crippen LogP contribution is -2.45. The minimum absolute atomic E-state index is 0.0869. The van der Waals surface area contributed by atoms with E-state index < -0.39 is 0 Å². The van der Waals surface area contributed by atoms with Crippen molar-refractivity contribution in [2.45, 2.75) is 39.3 Å². The number of nitrogens with one attached hydrogen (secondary N) is 1. The van der Waals surface area contributed by atoms with E-state index in [0.717, 1.165) is 33.3 Å². The third kappa shape index (κ3) is 1.96. The van der Waals surface area contributed by atoms with Crippen LogP contribution in [-0.2, 0) is 5.41 Å². The molecule has 27 heavy (non-hydrogen) atoms. The van der Waals surface area contributed by atoms with Crippen LogP contribution in [0, 0.1) is 11.3 Å². The minimum Gasteiger partial charge on any atom is -0.454 e. The molecule has 0 spiro atoms. The predicted octanol–water partition coefficient (Wildman–Crippen LogP) is 5.47. The molecular formula is C23H25N3O. The summed E-state index contributed by atoms with van der Waals surface area (Å²) in [5.41, 5.74) is 4.99. The van der Waals surface area contributed by atoms with Crippen LogP contribution in [0.4, 0.5) is 5.69 Å². The first-order valence-electron chi connectivity index (χ1n) is 9.60. The van der Waals surface area contributed by atoms with E-state index in [1.54, 1.807) is 0 Å². The van der Waals surface area contributed by atoms with Crippen LogP contribution in [0.1, 0.15) is 33.3 Å². The van der Waals surface area contributed by atoms with E-state index in [2.05, 4.69) is 68.8 Å². The van der Waals surface area contributed by atoms with Crippen LogP contribution in [0.3, 0.4) is 0 Å². The number of amidine groups is 1. The number of anilines is 1. The Labute approximate surface area is 159 Å². The Morgan fingerprint density at radius 3 is 2.59 bits per heavy atom.